The number of aromatic nitrogens is 1. The standard InChI is InChI=1S/C21H18N4O2/c26-19(24-18-12-6-7-13-22-18)14-25-20(15-8-2-1-3-9-15)23-17-11-5-4-10-16(17)21(25)27/h1-13,20,23H,14H2,(H,22,24,26)/t20-/m1/s1. The van der Waals surface area contributed by atoms with Crippen LogP contribution in [0.4, 0.5) is 11.5 Å². The van der Waals surface area contributed by atoms with Gasteiger partial charge in [-0.15, -0.1) is 0 Å². The van der Waals surface area contributed by atoms with E-state index in [-0.39, 0.29) is 18.4 Å². The van der Waals surface area contributed by atoms with Crippen molar-refractivity contribution in [3.05, 3.63) is 90.1 Å². The number of nitrogens with zero attached hydrogens (tertiary/aromatic N) is 2. The molecule has 2 N–H and O–H groups in total. The lowest BCUT2D eigenvalue weighted by atomic mass is 10.0. The van der Waals surface area contributed by atoms with Gasteiger partial charge in [0.25, 0.3) is 5.91 Å². The van der Waals surface area contributed by atoms with Gasteiger partial charge in [0.15, 0.2) is 0 Å². The van der Waals surface area contributed by atoms with Crippen molar-refractivity contribution in [1.29, 1.82) is 0 Å². The smallest absolute Gasteiger partial charge is 0.258 e. The van der Waals surface area contributed by atoms with E-state index in [1.807, 2.05) is 48.5 Å². The number of anilines is 2. The lowest BCUT2D eigenvalue weighted by molar-refractivity contribution is -0.117. The number of fused-ring (bicyclic) bond motifs is 1. The highest BCUT2D eigenvalue weighted by Crippen LogP contribution is 2.32. The first-order chi connectivity index (χ1) is 13.2. The maximum absolute atomic E-state index is 13.1. The van der Waals surface area contributed by atoms with Gasteiger partial charge in [-0.05, 0) is 29.8 Å². The summed E-state index contributed by atoms with van der Waals surface area (Å²) in [6.45, 7) is -0.0870. The van der Waals surface area contributed by atoms with Crippen LogP contribution in [0.3, 0.4) is 0 Å². The Morgan fingerprint density at radius 1 is 1.00 bits per heavy atom. The number of pyridine rings is 1. The molecule has 27 heavy (non-hydrogen) atoms. The fourth-order valence-corrected chi connectivity index (χ4v) is 3.13. The number of rotatable bonds is 4. The van der Waals surface area contributed by atoms with Gasteiger partial charge in [-0.2, -0.15) is 0 Å². The number of carbonyl (C=O) groups is 2. The molecule has 134 valence electrons. The summed E-state index contributed by atoms with van der Waals surface area (Å²) in [6, 6.07) is 22.2. The van der Waals surface area contributed by atoms with Crippen molar-refractivity contribution in [2.45, 2.75) is 6.17 Å². The van der Waals surface area contributed by atoms with Crippen LogP contribution in [-0.4, -0.2) is 28.2 Å². The molecule has 0 fully saturated rings. The maximum Gasteiger partial charge on any atom is 0.258 e. The molecule has 0 aliphatic carbocycles. The van der Waals surface area contributed by atoms with Crippen molar-refractivity contribution in [1.82, 2.24) is 9.88 Å². The zero-order valence-electron chi connectivity index (χ0n) is 14.5. The summed E-state index contributed by atoms with van der Waals surface area (Å²) < 4.78 is 0. The van der Waals surface area contributed by atoms with E-state index in [4.69, 9.17) is 0 Å². The van der Waals surface area contributed by atoms with Crippen molar-refractivity contribution in [2.24, 2.45) is 0 Å². The van der Waals surface area contributed by atoms with Gasteiger partial charge >= 0.3 is 0 Å². The fraction of sp³-hybridized carbons (Fsp3) is 0.0952. The highest BCUT2D eigenvalue weighted by Gasteiger charge is 2.33. The van der Waals surface area contributed by atoms with Crippen LogP contribution in [0.5, 0.6) is 0 Å². The Labute approximate surface area is 156 Å². The number of benzene rings is 2. The summed E-state index contributed by atoms with van der Waals surface area (Å²) in [5.74, 6) is -0.0323. The Hall–Kier alpha value is -3.67. The molecule has 0 spiro atoms. The Balaban J connectivity index is 1.63. The summed E-state index contributed by atoms with van der Waals surface area (Å²) in [4.78, 5) is 31.3. The van der Waals surface area contributed by atoms with Crippen molar-refractivity contribution in [3.8, 4) is 0 Å². The molecule has 2 amide bonds. The molecule has 1 aromatic heterocycles. The molecule has 0 saturated heterocycles. The average molecular weight is 358 g/mol. The molecule has 0 bridgehead atoms. The minimum Gasteiger partial charge on any atom is -0.361 e. The quantitative estimate of drug-likeness (QED) is 0.751. The van der Waals surface area contributed by atoms with Crippen molar-refractivity contribution in [2.75, 3.05) is 17.2 Å². The highest BCUT2D eigenvalue weighted by atomic mass is 16.2. The minimum absolute atomic E-state index is 0.0870. The molecule has 6 heteroatoms. The van der Waals surface area contributed by atoms with Crippen LogP contribution >= 0.6 is 0 Å². The Morgan fingerprint density at radius 3 is 2.52 bits per heavy atom. The topological polar surface area (TPSA) is 74.3 Å². The van der Waals surface area contributed by atoms with Crippen molar-refractivity contribution in [3.63, 3.8) is 0 Å². The van der Waals surface area contributed by atoms with E-state index < -0.39 is 6.17 Å². The molecule has 6 nitrogen and oxygen atoms in total. The highest BCUT2D eigenvalue weighted by molar-refractivity contribution is 6.04. The SMILES string of the molecule is O=C(CN1C(=O)c2ccccc2N[C@H]1c1ccccc1)Nc1ccccn1. The molecule has 0 radical (unpaired) electrons. The van der Waals surface area contributed by atoms with Gasteiger partial charge in [-0.3, -0.25) is 9.59 Å². The van der Waals surface area contributed by atoms with Crippen LogP contribution in [0.1, 0.15) is 22.1 Å². The Morgan fingerprint density at radius 2 is 1.74 bits per heavy atom. The van der Waals surface area contributed by atoms with Crippen LogP contribution in [-0.2, 0) is 4.79 Å². The second-order valence-corrected chi connectivity index (χ2v) is 6.20. The Kier molecular flexibility index (Phi) is 4.53. The third-order valence-corrected chi connectivity index (χ3v) is 4.38. The maximum atomic E-state index is 13.1. The van der Waals surface area contributed by atoms with Gasteiger partial charge in [0.2, 0.25) is 5.91 Å². The number of nitrogens with one attached hydrogen (secondary N) is 2. The van der Waals surface area contributed by atoms with E-state index in [9.17, 15) is 9.59 Å². The number of carbonyl (C=O) groups excluding carboxylic acids is 2. The van der Waals surface area contributed by atoms with Crippen LogP contribution in [0, 0.1) is 0 Å². The zero-order chi connectivity index (χ0) is 18.6. The summed E-state index contributed by atoms with van der Waals surface area (Å²) >= 11 is 0. The number of hydrogen-bond acceptors (Lipinski definition) is 4. The molecule has 1 atom stereocenters. The first-order valence-electron chi connectivity index (χ1n) is 8.65. The lowest BCUT2D eigenvalue weighted by Gasteiger charge is -2.37. The van der Waals surface area contributed by atoms with E-state index in [1.165, 1.54) is 4.90 Å². The number of amides is 2. The second kappa shape index (κ2) is 7.29. The first kappa shape index (κ1) is 16.8. The predicted octanol–water partition coefficient (Wildman–Crippen LogP) is 3.29. The van der Waals surface area contributed by atoms with E-state index in [2.05, 4.69) is 15.6 Å². The van der Waals surface area contributed by atoms with Crippen LogP contribution in [0.2, 0.25) is 0 Å². The van der Waals surface area contributed by atoms with Gasteiger partial charge in [-0.1, -0.05) is 48.5 Å². The molecular formula is C21H18N4O2. The Bertz CT molecular complexity index is 960. The number of para-hydroxylation sites is 1. The average Bonchev–Trinajstić information content (AvgIpc) is 2.71. The van der Waals surface area contributed by atoms with E-state index >= 15 is 0 Å². The molecule has 1 aliphatic rings. The van der Waals surface area contributed by atoms with Crippen LogP contribution in [0.25, 0.3) is 0 Å². The van der Waals surface area contributed by atoms with E-state index in [0.29, 0.717) is 11.4 Å². The number of hydrogen-bond donors (Lipinski definition) is 2. The van der Waals surface area contributed by atoms with Gasteiger partial charge in [-0.25, -0.2) is 4.98 Å². The molecule has 0 unspecified atom stereocenters. The molecule has 4 rings (SSSR count). The monoisotopic (exact) mass is 358 g/mol. The van der Waals surface area contributed by atoms with Gasteiger partial charge in [0, 0.05) is 11.9 Å². The van der Waals surface area contributed by atoms with Gasteiger partial charge in [0.1, 0.15) is 18.5 Å². The summed E-state index contributed by atoms with van der Waals surface area (Å²) in [7, 11) is 0. The third-order valence-electron chi connectivity index (χ3n) is 4.38. The lowest BCUT2D eigenvalue weighted by Crippen LogP contribution is -2.46. The molecule has 3 aromatic rings. The summed E-state index contributed by atoms with van der Waals surface area (Å²) in [6.07, 6.45) is 1.18. The van der Waals surface area contributed by atoms with Crippen molar-refractivity contribution < 1.29 is 9.59 Å². The molecule has 0 saturated carbocycles. The van der Waals surface area contributed by atoms with E-state index in [1.54, 1.807) is 30.5 Å². The predicted molar refractivity (Wildman–Crippen MR) is 103 cm³/mol. The molecular weight excluding hydrogens is 340 g/mol. The summed E-state index contributed by atoms with van der Waals surface area (Å²) in [5, 5.41) is 6.11. The van der Waals surface area contributed by atoms with Crippen LogP contribution in [0.15, 0.2) is 79.0 Å². The second-order valence-electron chi connectivity index (χ2n) is 6.20. The third kappa shape index (κ3) is 3.50. The normalized spacial score (nSPS) is 15.6. The van der Waals surface area contributed by atoms with Gasteiger partial charge < -0.3 is 15.5 Å². The van der Waals surface area contributed by atoms with Gasteiger partial charge in [0.05, 0.1) is 5.56 Å². The van der Waals surface area contributed by atoms with Crippen molar-refractivity contribution >= 4 is 23.3 Å². The fourth-order valence-electron chi connectivity index (χ4n) is 3.13. The molecule has 2 heterocycles. The molecule has 1 aliphatic heterocycles. The largest absolute Gasteiger partial charge is 0.361 e. The zero-order valence-corrected chi connectivity index (χ0v) is 14.5. The molecule has 2 aromatic carbocycles. The van der Waals surface area contributed by atoms with Crippen LogP contribution < -0.4 is 10.6 Å². The van der Waals surface area contributed by atoms with E-state index in [0.717, 1.165) is 11.3 Å². The summed E-state index contributed by atoms with van der Waals surface area (Å²) in [5.41, 5.74) is 2.22. The minimum atomic E-state index is -0.428. The first-order valence-corrected chi connectivity index (χ1v) is 8.65.